The predicted octanol–water partition coefficient (Wildman–Crippen LogP) is 4.51. The van der Waals surface area contributed by atoms with E-state index in [1.54, 1.807) is 30.3 Å². The first-order chi connectivity index (χ1) is 15.9. The fourth-order valence-electron chi connectivity index (χ4n) is 3.37. The second-order valence-electron chi connectivity index (χ2n) is 7.70. The van der Waals surface area contributed by atoms with Crippen LogP contribution >= 0.6 is 0 Å². The number of unbranched alkanes of at least 4 members (excludes halogenated alkanes) is 1. The average Bonchev–Trinajstić information content (AvgIpc) is 2.82. The monoisotopic (exact) mass is 454 g/mol. The van der Waals surface area contributed by atoms with Gasteiger partial charge < -0.3 is 14.9 Å². The molecule has 9 heteroatoms. The molecule has 9 nitrogen and oxygen atoms in total. The highest BCUT2D eigenvalue weighted by molar-refractivity contribution is 5.94. The van der Waals surface area contributed by atoms with Gasteiger partial charge in [-0.15, -0.1) is 10.2 Å². The van der Waals surface area contributed by atoms with Crippen LogP contribution in [0.3, 0.4) is 0 Å². The Bertz CT molecular complexity index is 1100. The molecule has 0 saturated carbocycles. The molecule has 2 rings (SSSR count). The lowest BCUT2D eigenvalue weighted by Gasteiger charge is -2.15. The summed E-state index contributed by atoms with van der Waals surface area (Å²) < 4.78 is 6.38. The number of carbonyl (C=O) groups excluding carboxylic acids is 1. The van der Waals surface area contributed by atoms with Gasteiger partial charge in [0.2, 0.25) is 5.88 Å². The summed E-state index contributed by atoms with van der Waals surface area (Å²) in [6, 6.07) is 8.32. The predicted molar refractivity (Wildman–Crippen MR) is 123 cm³/mol. The number of carbonyl (C=O) groups is 1. The Balaban J connectivity index is 2.36. The molecule has 1 aromatic carbocycles. The fraction of sp³-hybridized carbons (Fsp3) is 0.458. The first kappa shape index (κ1) is 25.7. The number of esters is 1. The number of benzene rings is 1. The number of aromatic hydroxyl groups is 1. The highest BCUT2D eigenvalue weighted by Crippen LogP contribution is 2.33. The first-order valence-corrected chi connectivity index (χ1v) is 11.0. The molecule has 1 heterocycles. The van der Waals surface area contributed by atoms with Crippen LogP contribution in [0.15, 0.2) is 39.3 Å². The number of nitriles is 1. The average molecular weight is 455 g/mol. The van der Waals surface area contributed by atoms with E-state index in [1.165, 1.54) is 6.92 Å². The molecule has 0 aliphatic heterocycles. The number of hydrogen-bond donors (Lipinski definition) is 2. The maximum absolute atomic E-state index is 12.7. The summed E-state index contributed by atoms with van der Waals surface area (Å²) in [5, 5.41) is 37.2. The molecule has 1 atom stereocenters. The number of aromatic nitrogens is 1. The SMILES string of the molecule is CCCCC(CC)COC(=O)c1ccccc1/N=N/c1c(C)c(C#N)c(=O)n(CCO)c1O. The molecule has 1 unspecified atom stereocenters. The second kappa shape index (κ2) is 12.5. The Morgan fingerprint density at radius 1 is 1.27 bits per heavy atom. The van der Waals surface area contributed by atoms with Crippen LogP contribution in [0.5, 0.6) is 5.88 Å². The topological polar surface area (TPSA) is 137 Å². The van der Waals surface area contributed by atoms with E-state index >= 15 is 0 Å². The van der Waals surface area contributed by atoms with E-state index in [2.05, 4.69) is 24.1 Å². The van der Waals surface area contributed by atoms with E-state index in [4.69, 9.17) is 4.74 Å². The molecular formula is C24H30N4O5. The number of aliphatic hydroxyl groups is 1. The summed E-state index contributed by atoms with van der Waals surface area (Å²) in [7, 11) is 0. The summed E-state index contributed by atoms with van der Waals surface area (Å²) in [6.45, 7) is 5.36. The molecule has 2 aromatic rings. The Kier molecular flexibility index (Phi) is 9.76. The van der Waals surface area contributed by atoms with Crippen LogP contribution < -0.4 is 5.56 Å². The number of pyridine rings is 1. The highest BCUT2D eigenvalue weighted by atomic mass is 16.5. The van der Waals surface area contributed by atoms with Crippen molar-refractivity contribution in [2.24, 2.45) is 16.1 Å². The second-order valence-corrected chi connectivity index (χ2v) is 7.70. The zero-order valence-electron chi connectivity index (χ0n) is 19.2. The van der Waals surface area contributed by atoms with Gasteiger partial charge in [0.15, 0.2) is 5.69 Å². The van der Waals surface area contributed by atoms with Crippen molar-refractivity contribution >= 4 is 17.3 Å². The smallest absolute Gasteiger partial charge is 0.340 e. The van der Waals surface area contributed by atoms with E-state index in [9.17, 15) is 25.1 Å². The summed E-state index contributed by atoms with van der Waals surface area (Å²) >= 11 is 0. The van der Waals surface area contributed by atoms with Gasteiger partial charge in [-0.1, -0.05) is 45.2 Å². The zero-order valence-corrected chi connectivity index (χ0v) is 19.2. The van der Waals surface area contributed by atoms with E-state index in [-0.39, 0.29) is 34.6 Å². The molecule has 0 aliphatic rings. The van der Waals surface area contributed by atoms with Crippen molar-refractivity contribution in [1.29, 1.82) is 5.26 Å². The number of aliphatic hydroxyl groups excluding tert-OH is 1. The quantitative estimate of drug-likeness (QED) is 0.378. The van der Waals surface area contributed by atoms with Crippen LogP contribution in [0.25, 0.3) is 0 Å². The van der Waals surface area contributed by atoms with Gasteiger partial charge in [-0.3, -0.25) is 9.36 Å². The summed E-state index contributed by atoms with van der Waals surface area (Å²) in [5.41, 5.74) is -0.430. The lowest BCUT2D eigenvalue weighted by Crippen LogP contribution is -2.25. The van der Waals surface area contributed by atoms with E-state index in [0.29, 0.717) is 12.5 Å². The minimum atomic E-state index is -0.724. The van der Waals surface area contributed by atoms with Crippen LogP contribution in [-0.4, -0.2) is 34.0 Å². The number of nitrogens with zero attached hydrogens (tertiary/aromatic N) is 4. The van der Waals surface area contributed by atoms with Crippen LogP contribution in [0.1, 0.15) is 61.0 Å². The van der Waals surface area contributed by atoms with Gasteiger partial charge in [-0.2, -0.15) is 5.26 Å². The van der Waals surface area contributed by atoms with Gasteiger partial charge in [-0.25, -0.2) is 4.79 Å². The normalized spacial score (nSPS) is 12.0. The van der Waals surface area contributed by atoms with Crippen LogP contribution in [0.4, 0.5) is 11.4 Å². The van der Waals surface area contributed by atoms with Gasteiger partial charge in [0.25, 0.3) is 5.56 Å². The van der Waals surface area contributed by atoms with Crippen LogP contribution in [0.2, 0.25) is 0 Å². The minimum Gasteiger partial charge on any atom is -0.493 e. The van der Waals surface area contributed by atoms with Gasteiger partial charge >= 0.3 is 5.97 Å². The van der Waals surface area contributed by atoms with Gasteiger partial charge in [0.05, 0.1) is 25.3 Å². The molecule has 0 radical (unpaired) electrons. The minimum absolute atomic E-state index is 0.0895. The van der Waals surface area contributed by atoms with E-state index in [1.807, 2.05) is 0 Å². The van der Waals surface area contributed by atoms with Crippen LogP contribution in [-0.2, 0) is 11.3 Å². The molecule has 0 bridgehead atoms. The van der Waals surface area contributed by atoms with Gasteiger partial charge in [0, 0.05) is 5.56 Å². The standard InChI is InChI=1S/C24H30N4O5/c1-4-6-9-17(5-2)15-33-24(32)18-10-7-8-11-20(18)26-27-21-16(3)19(14-25)22(30)28(12-13-29)23(21)31/h7-8,10-11,17,29,31H,4-6,9,12-13,15H2,1-3H3/b27-26+. The van der Waals surface area contributed by atoms with Crippen molar-refractivity contribution in [3.63, 3.8) is 0 Å². The Morgan fingerprint density at radius 3 is 2.64 bits per heavy atom. The lowest BCUT2D eigenvalue weighted by atomic mass is 10.0. The largest absolute Gasteiger partial charge is 0.493 e. The number of rotatable bonds is 11. The molecule has 1 aromatic heterocycles. The van der Waals surface area contributed by atoms with E-state index < -0.39 is 24.0 Å². The number of azo groups is 1. The first-order valence-electron chi connectivity index (χ1n) is 11.0. The summed E-state index contributed by atoms with van der Waals surface area (Å²) in [5.74, 6) is -0.751. The summed E-state index contributed by atoms with van der Waals surface area (Å²) in [4.78, 5) is 25.1. The van der Waals surface area contributed by atoms with Crippen molar-refractivity contribution in [2.45, 2.75) is 53.0 Å². The molecular weight excluding hydrogens is 424 g/mol. The molecule has 2 N–H and O–H groups in total. The molecule has 33 heavy (non-hydrogen) atoms. The molecule has 0 spiro atoms. The Hall–Kier alpha value is -3.51. The molecule has 0 amide bonds. The van der Waals surface area contributed by atoms with Gasteiger partial charge in [-0.05, 0) is 31.4 Å². The molecule has 0 saturated heterocycles. The third-order valence-corrected chi connectivity index (χ3v) is 5.47. The maximum Gasteiger partial charge on any atom is 0.340 e. The number of ether oxygens (including phenoxy) is 1. The van der Waals surface area contributed by atoms with Crippen molar-refractivity contribution < 1.29 is 19.7 Å². The number of hydrogen-bond acceptors (Lipinski definition) is 8. The van der Waals surface area contributed by atoms with Crippen molar-refractivity contribution in [1.82, 2.24) is 4.57 Å². The molecule has 0 aliphatic carbocycles. The lowest BCUT2D eigenvalue weighted by molar-refractivity contribution is 0.0429. The zero-order chi connectivity index (χ0) is 24.4. The van der Waals surface area contributed by atoms with Crippen molar-refractivity contribution in [3.8, 4) is 11.9 Å². The maximum atomic E-state index is 12.7. The molecule has 176 valence electrons. The van der Waals surface area contributed by atoms with Gasteiger partial charge in [0.1, 0.15) is 17.3 Å². The Morgan fingerprint density at radius 2 is 2.00 bits per heavy atom. The summed E-state index contributed by atoms with van der Waals surface area (Å²) in [6.07, 6.45) is 4.06. The highest BCUT2D eigenvalue weighted by Gasteiger charge is 2.20. The third-order valence-electron chi connectivity index (χ3n) is 5.47. The van der Waals surface area contributed by atoms with Crippen molar-refractivity contribution in [3.05, 3.63) is 51.3 Å². The van der Waals surface area contributed by atoms with E-state index in [0.717, 1.165) is 30.3 Å². The van der Waals surface area contributed by atoms with Crippen molar-refractivity contribution in [2.75, 3.05) is 13.2 Å². The molecule has 0 fully saturated rings. The van der Waals surface area contributed by atoms with Crippen LogP contribution in [0, 0.1) is 24.2 Å². The Labute approximate surface area is 193 Å². The third kappa shape index (κ3) is 6.26. The fourth-order valence-corrected chi connectivity index (χ4v) is 3.37.